The van der Waals surface area contributed by atoms with E-state index in [1.165, 1.54) is 7.11 Å². The highest BCUT2D eigenvalue weighted by atomic mass is 35.5. The van der Waals surface area contributed by atoms with E-state index < -0.39 is 5.91 Å². The fraction of sp³-hybridized carbons (Fsp3) is 0.533. The number of carbonyl (C=O) groups excluding carboxylic acids is 1. The van der Waals surface area contributed by atoms with Crippen LogP contribution in [0.3, 0.4) is 0 Å². The molecule has 0 spiro atoms. The molecule has 0 saturated heterocycles. The van der Waals surface area contributed by atoms with Gasteiger partial charge in [-0.1, -0.05) is 25.4 Å². The van der Waals surface area contributed by atoms with Crippen molar-refractivity contribution < 1.29 is 14.3 Å². The number of hydrogen-bond donors (Lipinski definition) is 2. The van der Waals surface area contributed by atoms with Crippen LogP contribution in [-0.4, -0.2) is 25.7 Å². The number of carbonyl (C=O) groups is 1. The standard InChI is InChI=1S/C15H23ClN2O3/c1-9(2)4-11(17)5-10-6-12(16)15(13(7-10)20-3)21-8-14(18)19/h6-7,9,11H,4-5,8,17H2,1-3H3,(H2,18,19). The van der Waals surface area contributed by atoms with Crippen molar-refractivity contribution in [3.8, 4) is 11.5 Å². The zero-order valence-corrected chi connectivity index (χ0v) is 13.4. The number of methoxy groups -OCH3 is 1. The van der Waals surface area contributed by atoms with Gasteiger partial charge in [-0.2, -0.15) is 0 Å². The van der Waals surface area contributed by atoms with Crippen LogP contribution >= 0.6 is 11.6 Å². The van der Waals surface area contributed by atoms with E-state index in [0.717, 1.165) is 12.0 Å². The highest BCUT2D eigenvalue weighted by Gasteiger charge is 2.15. The summed E-state index contributed by atoms with van der Waals surface area (Å²) >= 11 is 6.19. The van der Waals surface area contributed by atoms with Crippen LogP contribution < -0.4 is 20.9 Å². The summed E-state index contributed by atoms with van der Waals surface area (Å²) in [4.78, 5) is 10.8. The molecule has 4 N–H and O–H groups in total. The first kappa shape index (κ1) is 17.6. The molecule has 0 aliphatic carbocycles. The van der Waals surface area contributed by atoms with Crippen molar-refractivity contribution >= 4 is 17.5 Å². The first-order chi connectivity index (χ1) is 9.83. The summed E-state index contributed by atoms with van der Waals surface area (Å²) in [5.74, 6) is 0.751. The highest BCUT2D eigenvalue weighted by Crippen LogP contribution is 2.36. The van der Waals surface area contributed by atoms with E-state index in [9.17, 15) is 4.79 Å². The van der Waals surface area contributed by atoms with E-state index in [-0.39, 0.29) is 12.6 Å². The Hall–Kier alpha value is -1.46. The molecule has 6 heteroatoms. The molecule has 0 heterocycles. The average Bonchev–Trinajstić information content (AvgIpc) is 2.35. The summed E-state index contributed by atoms with van der Waals surface area (Å²) in [6.45, 7) is 4.02. The van der Waals surface area contributed by atoms with Crippen molar-refractivity contribution in [2.75, 3.05) is 13.7 Å². The maximum absolute atomic E-state index is 10.8. The van der Waals surface area contributed by atoms with Crippen molar-refractivity contribution in [2.45, 2.75) is 32.7 Å². The Balaban J connectivity index is 2.89. The van der Waals surface area contributed by atoms with Crippen molar-refractivity contribution in [3.63, 3.8) is 0 Å². The summed E-state index contributed by atoms with van der Waals surface area (Å²) in [6, 6.07) is 3.66. The van der Waals surface area contributed by atoms with Crippen LogP contribution in [-0.2, 0) is 11.2 Å². The minimum absolute atomic E-state index is 0.0585. The van der Waals surface area contributed by atoms with Crippen molar-refractivity contribution in [2.24, 2.45) is 17.4 Å². The minimum Gasteiger partial charge on any atom is -0.493 e. The molecule has 0 saturated carbocycles. The molecule has 118 valence electrons. The number of ether oxygens (including phenoxy) is 2. The zero-order valence-electron chi connectivity index (χ0n) is 12.7. The maximum Gasteiger partial charge on any atom is 0.255 e. The Morgan fingerprint density at radius 3 is 2.57 bits per heavy atom. The first-order valence-corrected chi connectivity index (χ1v) is 7.24. The molecule has 1 rings (SSSR count). The average molecular weight is 315 g/mol. The van der Waals surface area contributed by atoms with Crippen LogP contribution in [0.5, 0.6) is 11.5 Å². The SMILES string of the molecule is COc1cc(CC(N)CC(C)C)cc(Cl)c1OCC(N)=O. The summed E-state index contributed by atoms with van der Waals surface area (Å²) in [5, 5.41) is 0.377. The van der Waals surface area contributed by atoms with Crippen LogP contribution in [0.4, 0.5) is 0 Å². The van der Waals surface area contributed by atoms with E-state index >= 15 is 0 Å². The molecule has 0 bridgehead atoms. The summed E-state index contributed by atoms with van der Waals surface area (Å²) < 4.78 is 10.5. The Morgan fingerprint density at radius 2 is 2.05 bits per heavy atom. The monoisotopic (exact) mass is 314 g/mol. The number of primary amides is 1. The van der Waals surface area contributed by atoms with Gasteiger partial charge in [0.05, 0.1) is 12.1 Å². The molecule has 21 heavy (non-hydrogen) atoms. The second-order valence-corrected chi connectivity index (χ2v) is 5.86. The maximum atomic E-state index is 10.8. The molecular formula is C15H23ClN2O3. The van der Waals surface area contributed by atoms with Gasteiger partial charge in [-0.15, -0.1) is 0 Å². The normalized spacial score (nSPS) is 12.3. The van der Waals surface area contributed by atoms with Gasteiger partial charge in [-0.05, 0) is 36.5 Å². The van der Waals surface area contributed by atoms with Gasteiger partial charge in [0.2, 0.25) is 0 Å². The molecule has 1 amide bonds. The van der Waals surface area contributed by atoms with Crippen molar-refractivity contribution in [1.82, 2.24) is 0 Å². The Kier molecular flexibility index (Phi) is 6.78. The molecule has 0 aliphatic rings. The molecule has 5 nitrogen and oxygen atoms in total. The Labute approximate surface area is 130 Å². The van der Waals surface area contributed by atoms with Crippen LogP contribution in [0.2, 0.25) is 5.02 Å². The van der Waals surface area contributed by atoms with E-state index in [1.54, 1.807) is 6.07 Å². The summed E-state index contributed by atoms with van der Waals surface area (Å²) in [6.07, 6.45) is 1.63. The van der Waals surface area contributed by atoms with Gasteiger partial charge in [-0.25, -0.2) is 0 Å². The van der Waals surface area contributed by atoms with Gasteiger partial charge in [0.15, 0.2) is 18.1 Å². The quantitative estimate of drug-likeness (QED) is 0.769. The molecule has 0 fully saturated rings. The van der Waals surface area contributed by atoms with Crippen LogP contribution in [0.1, 0.15) is 25.8 Å². The third kappa shape index (κ3) is 5.81. The number of amides is 1. The molecule has 0 aromatic heterocycles. The molecule has 1 atom stereocenters. The lowest BCUT2D eigenvalue weighted by Gasteiger charge is -2.17. The van der Waals surface area contributed by atoms with E-state index in [1.807, 2.05) is 6.07 Å². The molecular weight excluding hydrogens is 292 g/mol. The first-order valence-electron chi connectivity index (χ1n) is 6.86. The fourth-order valence-electron chi connectivity index (χ4n) is 2.17. The number of nitrogens with two attached hydrogens (primary N) is 2. The van der Waals surface area contributed by atoms with Crippen LogP contribution in [0, 0.1) is 5.92 Å². The number of hydrogen-bond acceptors (Lipinski definition) is 4. The largest absolute Gasteiger partial charge is 0.493 e. The lowest BCUT2D eigenvalue weighted by molar-refractivity contribution is -0.119. The van der Waals surface area contributed by atoms with Gasteiger partial charge in [0.25, 0.3) is 5.91 Å². The third-order valence-corrected chi connectivity index (χ3v) is 3.20. The van der Waals surface area contributed by atoms with E-state index in [4.69, 9.17) is 32.5 Å². The summed E-state index contributed by atoms with van der Waals surface area (Å²) in [5.41, 5.74) is 12.1. The second-order valence-electron chi connectivity index (χ2n) is 5.46. The fourth-order valence-corrected chi connectivity index (χ4v) is 2.45. The predicted molar refractivity (Wildman–Crippen MR) is 83.8 cm³/mol. The topological polar surface area (TPSA) is 87.6 Å². The van der Waals surface area contributed by atoms with Crippen LogP contribution in [0.15, 0.2) is 12.1 Å². The molecule has 1 aromatic carbocycles. The Morgan fingerprint density at radius 1 is 1.38 bits per heavy atom. The van der Waals surface area contributed by atoms with Crippen molar-refractivity contribution in [3.05, 3.63) is 22.7 Å². The third-order valence-electron chi connectivity index (χ3n) is 2.92. The highest BCUT2D eigenvalue weighted by molar-refractivity contribution is 6.32. The predicted octanol–water partition coefficient (Wildman–Crippen LogP) is 2.13. The number of halogens is 1. The number of benzene rings is 1. The molecule has 0 aliphatic heterocycles. The van der Waals surface area contributed by atoms with E-state index in [2.05, 4.69) is 13.8 Å². The number of rotatable bonds is 8. The minimum atomic E-state index is -0.573. The Bertz CT molecular complexity index is 492. The van der Waals surface area contributed by atoms with Gasteiger partial charge in [-0.3, -0.25) is 4.79 Å². The summed E-state index contributed by atoms with van der Waals surface area (Å²) in [7, 11) is 1.51. The van der Waals surface area contributed by atoms with Gasteiger partial charge in [0, 0.05) is 6.04 Å². The smallest absolute Gasteiger partial charge is 0.255 e. The molecule has 1 aromatic rings. The molecule has 1 unspecified atom stereocenters. The van der Waals surface area contributed by atoms with Crippen molar-refractivity contribution in [1.29, 1.82) is 0 Å². The lowest BCUT2D eigenvalue weighted by atomic mass is 9.98. The van der Waals surface area contributed by atoms with Gasteiger partial charge >= 0.3 is 0 Å². The second kappa shape index (κ2) is 8.10. The zero-order chi connectivity index (χ0) is 16.0. The molecule has 0 radical (unpaired) electrons. The van der Waals surface area contributed by atoms with Gasteiger partial charge < -0.3 is 20.9 Å². The van der Waals surface area contributed by atoms with Crippen LogP contribution in [0.25, 0.3) is 0 Å². The van der Waals surface area contributed by atoms with E-state index in [0.29, 0.717) is 28.9 Å². The van der Waals surface area contributed by atoms with Gasteiger partial charge in [0.1, 0.15) is 0 Å². The lowest BCUT2D eigenvalue weighted by Crippen LogP contribution is -2.24.